The second kappa shape index (κ2) is 6.01. The summed E-state index contributed by atoms with van der Waals surface area (Å²) < 4.78 is 6.22. The van der Waals surface area contributed by atoms with Crippen LogP contribution in [0.25, 0.3) is 5.69 Å². The van der Waals surface area contributed by atoms with E-state index in [0.717, 1.165) is 5.69 Å². The van der Waals surface area contributed by atoms with Crippen molar-refractivity contribution in [2.75, 3.05) is 20.7 Å². The van der Waals surface area contributed by atoms with Crippen LogP contribution in [-0.2, 0) is 9.53 Å². The van der Waals surface area contributed by atoms with Crippen LogP contribution in [0.4, 0.5) is 0 Å². The lowest BCUT2D eigenvalue weighted by Gasteiger charge is -2.16. The van der Waals surface area contributed by atoms with Crippen LogP contribution < -0.4 is 0 Å². The highest BCUT2D eigenvalue weighted by atomic mass is 16.5. The van der Waals surface area contributed by atoms with E-state index >= 15 is 0 Å². The fourth-order valence-corrected chi connectivity index (χ4v) is 1.77. The number of ether oxygens (including phenoxy) is 1. The molecule has 0 aliphatic heterocycles. The van der Waals surface area contributed by atoms with Gasteiger partial charge in [0, 0.05) is 12.7 Å². The molecule has 6 heteroatoms. The summed E-state index contributed by atoms with van der Waals surface area (Å²) in [6, 6.07) is 9.40. The maximum atomic E-state index is 12.3. The lowest BCUT2D eigenvalue weighted by Crippen LogP contribution is -2.33. The standard InChI is InChI=1S/C14H15N3O3/c1-16(9-13(18)20-2)14(19)12-8-15-10-17(12)11-6-4-3-5-7-11/h3-8,10H,9H2,1-2H3. The number of amides is 1. The maximum absolute atomic E-state index is 12.3. The molecule has 1 amide bonds. The van der Waals surface area contributed by atoms with Crippen LogP contribution in [0.2, 0.25) is 0 Å². The van der Waals surface area contributed by atoms with Gasteiger partial charge >= 0.3 is 5.97 Å². The molecule has 1 heterocycles. The number of likely N-dealkylation sites (N-methyl/N-ethyl adjacent to an activating group) is 1. The number of rotatable bonds is 4. The minimum atomic E-state index is -0.466. The molecule has 104 valence electrons. The Morgan fingerprint density at radius 2 is 2.00 bits per heavy atom. The number of imidazole rings is 1. The number of nitrogens with zero attached hydrogens (tertiary/aromatic N) is 3. The van der Waals surface area contributed by atoms with Gasteiger partial charge in [-0.15, -0.1) is 0 Å². The molecule has 20 heavy (non-hydrogen) atoms. The average Bonchev–Trinajstić information content (AvgIpc) is 2.96. The summed E-state index contributed by atoms with van der Waals surface area (Å²) in [7, 11) is 2.83. The number of methoxy groups -OCH3 is 1. The van der Waals surface area contributed by atoms with Crippen LogP contribution in [0.3, 0.4) is 0 Å². The molecule has 0 saturated heterocycles. The van der Waals surface area contributed by atoms with Gasteiger partial charge in [-0.05, 0) is 12.1 Å². The molecule has 0 N–H and O–H groups in total. The number of para-hydroxylation sites is 1. The minimum absolute atomic E-state index is 0.102. The average molecular weight is 273 g/mol. The van der Waals surface area contributed by atoms with E-state index in [-0.39, 0.29) is 12.5 Å². The Balaban J connectivity index is 2.24. The van der Waals surface area contributed by atoms with E-state index in [1.807, 2.05) is 30.3 Å². The van der Waals surface area contributed by atoms with Gasteiger partial charge < -0.3 is 9.64 Å². The Labute approximate surface area is 116 Å². The third kappa shape index (κ3) is 2.85. The molecule has 0 radical (unpaired) electrons. The number of hydrogen-bond donors (Lipinski definition) is 0. The number of aromatic nitrogens is 2. The number of esters is 1. The van der Waals surface area contributed by atoms with Crippen molar-refractivity contribution in [3.63, 3.8) is 0 Å². The highest BCUT2D eigenvalue weighted by Crippen LogP contribution is 2.12. The molecule has 1 aromatic carbocycles. The topological polar surface area (TPSA) is 64.4 Å². The second-order valence-electron chi connectivity index (χ2n) is 4.22. The second-order valence-corrected chi connectivity index (χ2v) is 4.22. The van der Waals surface area contributed by atoms with Crippen LogP contribution in [0.15, 0.2) is 42.9 Å². The zero-order valence-electron chi connectivity index (χ0n) is 11.3. The van der Waals surface area contributed by atoms with Gasteiger partial charge in [0.1, 0.15) is 12.2 Å². The fraction of sp³-hybridized carbons (Fsp3) is 0.214. The summed E-state index contributed by atoms with van der Waals surface area (Å²) in [6.07, 6.45) is 3.04. The van der Waals surface area contributed by atoms with Crippen LogP contribution in [0, 0.1) is 0 Å². The molecule has 0 fully saturated rings. The van der Waals surface area contributed by atoms with Crippen molar-refractivity contribution in [1.29, 1.82) is 0 Å². The Kier molecular flexibility index (Phi) is 4.14. The first-order valence-electron chi connectivity index (χ1n) is 6.03. The Morgan fingerprint density at radius 3 is 2.65 bits per heavy atom. The van der Waals surface area contributed by atoms with Gasteiger partial charge in [0.2, 0.25) is 0 Å². The van der Waals surface area contributed by atoms with E-state index in [0.29, 0.717) is 5.69 Å². The zero-order valence-corrected chi connectivity index (χ0v) is 11.3. The third-order valence-electron chi connectivity index (χ3n) is 2.83. The van der Waals surface area contributed by atoms with E-state index in [9.17, 15) is 9.59 Å². The molecule has 0 saturated carbocycles. The van der Waals surface area contributed by atoms with Gasteiger partial charge in [0.15, 0.2) is 0 Å². The highest BCUT2D eigenvalue weighted by molar-refractivity contribution is 5.94. The number of benzene rings is 1. The van der Waals surface area contributed by atoms with Crippen molar-refractivity contribution in [2.45, 2.75) is 0 Å². The fourth-order valence-electron chi connectivity index (χ4n) is 1.77. The van der Waals surface area contributed by atoms with E-state index in [1.54, 1.807) is 17.9 Å². The summed E-state index contributed by atoms with van der Waals surface area (Å²) in [5.74, 6) is -0.761. The monoisotopic (exact) mass is 273 g/mol. The molecule has 0 bridgehead atoms. The predicted molar refractivity (Wildman–Crippen MR) is 72.5 cm³/mol. The molecule has 6 nitrogen and oxygen atoms in total. The Bertz CT molecular complexity index is 607. The summed E-state index contributed by atoms with van der Waals surface area (Å²) >= 11 is 0. The number of carbonyl (C=O) groups excluding carboxylic acids is 2. The van der Waals surface area contributed by atoms with Gasteiger partial charge in [-0.2, -0.15) is 0 Å². The molecule has 0 aliphatic rings. The molecule has 0 aliphatic carbocycles. The van der Waals surface area contributed by atoms with Crippen molar-refractivity contribution in [2.24, 2.45) is 0 Å². The lowest BCUT2D eigenvalue weighted by molar-refractivity contribution is -0.141. The minimum Gasteiger partial charge on any atom is -0.468 e. The first kappa shape index (κ1) is 13.8. The van der Waals surface area contributed by atoms with E-state index < -0.39 is 5.97 Å². The van der Waals surface area contributed by atoms with Gasteiger partial charge in [-0.1, -0.05) is 18.2 Å². The lowest BCUT2D eigenvalue weighted by atomic mass is 10.3. The molecule has 0 unspecified atom stereocenters. The van der Waals surface area contributed by atoms with Crippen LogP contribution in [0.1, 0.15) is 10.5 Å². The van der Waals surface area contributed by atoms with Crippen molar-refractivity contribution in [1.82, 2.24) is 14.5 Å². The largest absolute Gasteiger partial charge is 0.468 e. The molecular weight excluding hydrogens is 258 g/mol. The first-order valence-corrected chi connectivity index (χ1v) is 6.03. The highest BCUT2D eigenvalue weighted by Gasteiger charge is 2.19. The van der Waals surface area contributed by atoms with E-state index in [2.05, 4.69) is 9.72 Å². The molecule has 0 spiro atoms. The molecule has 0 atom stereocenters. The van der Waals surface area contributed by atoms with E-state index in [4.69, 9.17) is 0 Å². The van der Waals surface area contributed by atoms with Gasteiger partial charge in [0.25, 0.3) is 5.91 Å². The Hall–Kier alpha value is -2.63. The number of carbonyl (C=O) groups is 2. The van der Waals surface area contributed by atoms with Gasteiger partial charge in [-0.25, -0.2) is 4.98 Å². The van der Waals surface area contributed by atoms with Gasteiger partial charge in [-0.3, -0.25) is 14.2 Å². The summed E-state index contributed by atoms with van der Waals surface area (Å²) in [5, 5.41) is 0. The molecule has 2 rings (SSSR count). The summed E-state index contributed by atoms with van der Waals surface area (Å²) in [5.41, 5.74) is 1.22. The quantitative estimate of drug-likeness (QED) is 0.783. The number of hydrogen-bond acceptors (Lipinski definition) is 4. The van der Waals surface area contributed by atoms with Crippen LogP contribution >= 0.6 is 0 Å². The molecular formula is C14H15N3O3. The van der Waals surface area contributed by atoms with E-state index in [1.165, 1.54) is 18.2 Å². The SMILES string of the molecule is COC(=O)CN(C)C(=O)c1cncn1-c1ccccc1. The van der Waals surface area contributed by atoms with Crippen LogP contribution in [-0.4, -0.2) is 47.0 Å². The summed E-state index contributed by atoms with van der Waals surface area (Å²) in [4.78, 5) is 28.8. The van der Waals surface area contributed by atoms with Crippen molar-refractivity contribution >= 4 is 11.9 Å². The normalized spacial score (nSPS) is 10.1. The predicted octanol–water partition coefficient (Wildman–Crippen LogP) is 1.12. The van der Waals surface area contributed by atoms with Crippen LogP contribution in [0.5, 0.6) is 0 Å². The zero-order chi connectivity index (χ0) is 14.5. The summed E-state index contributed by atoms with van der Waals surface area (Å²) in [6.45, 7) is -0.102. The van der Waals surface area contributed by atoms with Crippen molar-refractivity contribution < 1.29 is 14.3 Å². The van der Waals surface area contributed by atoms with Crippen molar-refractivity contribution in [3.05, 3.63) is 48.5 Å². The molecule has 1 aromatic heterocycles. The smallest absolute Gasteiger partial charge is 0.325 e. The van der Waals surface area contributed by atoms with Crippen molar-refractivity contribution in [3.8, 4) is 5.69 Å². The third-order valence-corrected chi connectivity index (χ3v) is 2.83. The molecule has 2 aromatic rings. The first-order chi connectivity index (χ1) is 9.63. The Morgan fingerprint density at radius 1 is 1.30 bits per heavy atom. The van der Waals surface area contributed by atoms with Gasteiger partial charge in [0.05, 0.1) is 19.6 Å². The maximum Gasteiger partial charge on any atom is 0.325 e.